The molecule has 1 aliphatic carbocycles. The van der Waals surface area contributed by atoms with Crippen LogP contribution in [0.3, 0.4) is 0 Å². The molecule has 1 aliphatic heterocycles. The summed E-state index contributed by atoms with van der Waals surface area (Å²) >= 11 is 0. The topological polar surface area (TPSA) is 108 Å². The summed E-state index contributed by atoms with van der Waals surface area (Å²) in [4.78, 5) is 12.4. The molecule has 9 heteroatoms. The van der Waals surface area contributed by atoms with Crippen LogP contribution in [0.1, 0.15) is 24.8 Å². The Labute approximate surface area is 190 Å². The minimum Gasteiger partial charge on any atom is -0.488 e. The minimum atomic E-state index is 0.107. The molecule has 2 aromatic heterocycles. The SMILES string of the molecule is C1=CCCC(CC2=COCC(=Nc3nnc(-c4ccccc4NCc4cncnc4)o3)O2)=C1. The van der Waals surface area contributed by atoms with Crippen molar-refractivity contribution in [2.75, 3.05) is 11.9 Å². The fraction of sp³-hybridized carbons (Fsp3) is 0.208. The number of hydrogen-bond acceptors (Lipinski definition) is 9. The lowest BCUT2D eigenvalue weighted by molar-refractivity contribution is 0.211. The highest BCUT2D eigenvalue weighted by atomic mass is 16.6. The number of rotatable bonds is 7. The molecular weight excluding hydrogens is 420 g/mol. The fourth-order valence-electron chi connectivity index (χ4n) is 3.49. The number of nitrogens with one attached hydrogen (secondary N) is 1. The van der Waals surface area contributed by atoms with E-state index in [2.05, 4.69) is 48.7 Å². The fourth-order valence-corrected chi connectivity index (χ4v) is 3.49. The number of hydrogen-bond donors (Lipinski definition) is 1. The third-order valence-corrected chi connectivity index (χ3v) is 5.06. The maximum Gasteiger partial charge on any atom is 0.345 e. The van der Waals surface area contributed by atoms with Crippen LogP contribution in [-0.2, 0) is 16.0 Å². The molecule has 166 valence electrons. The average molecular weight is 442 g/mol. The highest BCUT2D eigenvalue weighted by Crippen LogP contribution is 2.29. The number of anilines is 1. The summed E-state index contributed by atoms with van der Waals surface area (Å²) in [5, 5.41) is 11.6. The van der Waals surface area contributed by atoms with Crippen LogP contribution in [-0.4, -0.2) is 32.7 Å². The van der Waals surface area contributed by atoms with Gasteiger partial charge in [-0.1, -0.05) is 41.0 Å². The molecule has 0 spiro atoms. The molecule has 0 bridgehead atoms. The van der Waals surface area contributed by atoms with Crippen molar-refractivity contribution in [2.24, 2.45) is 4.99 Å². The quantitative estimate of drug-likeness (QED) is 0.560. The van der Waals surface area contributed by atoms with E-state index < -0.39 is 0 Å². The zero-order chi connectivity index (χ0) is 22.3. The van der Waals surface area contributed by atoms with Crippen molar-refractivity contribution in [1.29, 1.82) is 0 Å². The van der Waals surface area contributed by atoms with Gasteiger partial charge in [-0.25, -0.2) is 9.97 Å². The normalized spacial score (nSPS) is 16.5. The Balaban J connectivity index is 1.28. The standard InChI is InChI=1S/C24H22N6O3/c1-2-6-17(7-3-1)10-19-14-31-15-22(32-19)28-24-30-29-23(33-24)20-8-4-5-9-21(20)27-13-18-11-25-16-26-12-18/h1-2,4-6,8-9,11-12,14,16,27H,3,7,10,13,15H2. The first kappa shape index (κ1) is 20.6. The van der Waals surface area contributed by atoms with Crippen molar-refractivity contribution in [3.8, 4) is 11.5 Å². The molecule has 33 heavy (non-hydrogen) atoms. The number of nitrogens with zero attached hydrogens (tertiary/aromatic N) is 5. The van der Waals surface area contributed by atoms with E-state index in [0.29, 0.717) is 30.5 Å². The molecule has 0 amide bonds. The predicted molar refractivity (Wildman–Crippen MR) is 122 cm³/mol. The number of aliphatic imine (C=N–C) groups is 1. The average Bonchev–Trinajstić information content (AvgIpc) is 3.33. The second kappa shape index (κ2) is 9.90. The summed E-state index contributed by atoms with van der Waals surface area (Å²) in [7, 11) is 0. The summed E-state index contributed by atoms with van der Waals surface area (Å²) in [6.45, 7) is 0.769. The van der Waals surface area contributed by atoms with Gasteiger partial charge < -0.3 is 19.2 Å². The van der Waals surface area contributed by atoms with E-state index in [9.17, 15) is 0 Å². The first-order chi connectivity index (χ1) is 16.3. The van der Waals surface area contributed by atoms with Gasteiger partial charge in [0, 0.05) is 36.6 Å². The Morgan fingerprint density at radius 1 is 1.09 bits per heavy atom. The van der Waals surface area contributed by atoms with E-state index >= 15 is 0 Å². The monoisotopic (exact) mass is 442 g/mol. The van der Waals surface area contributed by atoms with Crippen molar-refractivity contribution >= 4 is 17.6 Å². The van der Waals surface area contributed by atoms with Crippen molar-refractivity contribution < 1.29 is 13.9 Å². The lowest BCUT2D eigenvalue weighted by Gasteiger charge is -2.18. The van der Waals surface area contributed by atoms with Gasteiger partial charge in [0.2, 0.25) is 5.90 Å². The highest BCUT2D eigenvalue weighted by Gasteiger charge is 2.17. The maximum absolute atomic E-state index is 5.89. The van der Waals surface area contributed by atoms with Crippen molar-refractivity contribution in [3.05, 3.63) is 84.4 Å². The lowest BCUT2D eigenvalue weighted by Crippen LogP contribution is -2.16. The number of allylic oxidation sites excluding steroid dienone is 4. The van der Waals surface area contributed by atoms with Gasteiger partial charge in [0.25, 0.3) is 5.89 Å². The van der Waals surface area contributed by atoms with E-state index in [0.717, 1.165) is 29.7 Å². The van der Waals surface area contributed by atoms with Gasteiger partial charge in [0.05, 0.1) is 5.56 Å². The lowest BCUT2D eigenvalue weighted by atomic mass is 10.0. The second-order valence-electron chi connectivity index (χ2n) is 7.51. The number of benzene rings is 1. The molecule has 0 saturated heterocycles. The van der Waals surface area contributed by atoms with Gasteiger partial charge in [0.15, 0.2) is 6.61 Å². The summed E-state index contributed by atoms with van der Waals surface area (Å²) in [6.07, 6.45) is 15.7. The molecule has 0 fully saturated rings. The van der Waals surface area contributed by atoms with Crippen LogP contribution in [0.15, 0.2) is 88.2 Å². The Bertz CT molecular complexity index is 1230. The van der Waals surface area contributed by atoms with Gasteiger partial charge in [-0.05, 0) is 25.0 Å². The molecule has 5 rings (SSSR count). The first-order valence-corrected chi connectivity index (χ1v) is 10.6. The number of para-hydroxylation sites is 1. The molecule has 3 heterocycles. The van der Waals surface area contributed by atoms with E-state index in [4.69, 9.17) is 13.9 Å². The molecule has 0 atom stereocenters. The molecular formula is C24H22N6O3. The third-order valence-electron chi connectivity index (χ3n) is 5.06. The van der Waals surface area contributed by atoms with Crippen molar-refractivity contribution in [3.63, 3.8) is 0 Å². The van der Waals surface area contributed by atoms with Gasteiger partial charge in [-0.15, -0.1) is 5.10 Å². The molecule has 0 radical (unpaired) electrons. The first-order valence-electron chi connectivity index (χ1n) is 10.6. The third kappa shape index (κ3) is 5.32. The maximum atomic E-state index is 5.89. The van der Waals surface area contributed by atoms with E-state index in [-0.39, 0.29) is 12.6 Å². The summed E-state index contributed by atoms with van der Waals surface area (Å²) in [5.74, 6) is 1.44. The molecule has 0 unspecified atom stereocenters. The molecule has 2 aliphatic rings. The zero-order valence-electron chi connectivity index (χ0n) is 17.8. The van der Waals surface area contributed by atoms with Crippen LogP contribution in [0, 0.1) is 0 Å². The van der Waals surface area contributed by atoms with Crippen LogP contribution in [0.5, 0.6) is 0 Å². The second-order valence-corrected chi connectivity index (χ2v) is 7.51. The largest absolute Gasteiger partial charge is 0.488 e. The molecule has 3 aromatic rings. The smallest absolute Gasteiger partial charge is 0.345 e. The van der Waals surface area contributed by atoms with E-state index in [1.807, 2.05) is 24.3 Å². The van der Waals surface area contributed by atoms with E-state index in [1.165, 1.54) is 11.9 Å². The van der Waals surface area contributed by atoms with Crippen LogP contribution in [0.4, 0.5) is 11.7 Å². The predicted octanol–water partition coefficient (Wildman–Crippen LogP) is 4.72. The zero-order valence-corrected chi connectivity index (χ0v) is 17.8. The summed E-state index contributed by atoms with van der Waals surface area (Å²) in [5.41, 5.74) is 3.87. The highest BCUT2D eigenvalue weighted by molar-refractivity contribution is 5.81. The molecule has 0 saturated carbocycles. The van der Waals surface area contributed by atoms with Crippen LogP contribution in [0.25, 0.3) is 11.5 Å². The minimum absolute atomic E-state index is 0.107. The Hall–Kier alpha value is -4.27. The molecule has 1 aromatic carbocycles. The molecule has 1 N–H and O–H groups in total. The summed E-state index contributed by atoms with van der Waals surface area (Å²) in [6, 6.07) is 7.80. The Morgan fingerprint density at radius 3 is 2.88 bits per heavy atom. The van der Waals surface area contributed by atoms with Gasteiger partial charge in [0.1, 0.15) is 18.3 Å². The van der Waals surface area contributed by atoms with Gasteiger partial charge >= 0.3 is 6.01 Å². The Morgan fingerprint density at radius 2 is 2.00 bits per heavy atom. The summed E-state index contributed by atoms with van der Waals surface area (Å²) < 4.78 is 17.2. The van der Waals surface area contributed by atoms with Gasteiger partial charge in [-0.2, -0.15) is 4.99 Å². The van der Waals surface area contributed by atoms with Crippen molar-refractivity contribution in [1.82, 2.24) is 20.2 Å². The van der Waals surface area contributed by atoms with Crippen LogP contribution in [0.2, 0.25) is 0 Å². The molecule has 9 nitrogen and oxygen atoms in total. The number of aromatic nitrogens is 4. The van der Waals surface area contributed by atoms with E-state index in [1.54, 1.807) is 18.7 Å². The van der Waals surface area contributed by atoms with Crippen LogP contribution >= 0.6 is 0 Å². The number of ether oxygens (including phenoxy) is 2. The van der Waals surface area contributed by atoms with Crippen molar-refractivity contribution in [2.45, 2.75) is 25.8 Å². The van der Waals surface area contributed by atoms with Crippen LogP contribution < -0.4 is 5.32 Å². The van der Waals surface area contributed by atoms with Gasteiger partial charge in [-0.3, -0.25) is 0 Å². The Kier molecular flexibility index (Phi) is 6.19.